The highest BCUT2D eigenvalue weighted by Gasteiger charge is 2.50. The first-order chi connectivity index (χ1) is 9.99. The minimum absolute atomic E-state index is 0.0298. The Morgan fingerprint density at radius 2 is 1.71 bits per heavy atom. The van der Waals surface area contributed by atoms with Crippen molar-refractivity contribution in [2.45, 2.75) is 37.4 Å². The van der Waals surface area contributed by atoms with Gasteiger partial charge in [-0.15, -0.1) is 0 Å². The van der Waals surface area contributed by atoms with E-state index in [4.69, 9.17) is 4.74 Å². The molecule has 4 aliphatic rings. The van der Waals surface area contributed by atoms with Crippen molar-refractivity contribution < 1.29 is 32.9 Å². The number of ether oxygens (including phenoxy) is 1. The summed E-state index contributed by atoms with van der Waals surface area (Å²) in [5.74, 6) is 1.06. The Hall–Kier alpha value is -0.440. The second-order valence-electron chi connectivity index (χ2n) is 6.43. The number of hydrogen-bond donors (Lipinski definition) is 0. The number of halogens is 2. The third kappa shape index (κ3) is 3.18. The largest absolute Gasteiger partial charge is 0.691 e. The van der Waals surface area contributed by atoms with Crippen LogP contribution in [-0.2, 0) is 18.9 Å². The Bertz CT molecular complexity index is 378. The molecule has 0 aromatic heterocycles. The molecule has 4 rings (SSSR count). The molecular weight excluding hydrogens is 306 g/mol. The summed E-state index contributed by atoms with van der Waals surface area (Å²) < 4.78 is 34.8. The van der Waals surface area contributed by atoms with Crippen molar-refractivity contribution in [3.8, 4) is 0 Å². The topological polar surface area (TPSA) is 67.8 Å². The smallest absolute Gasteiger partial charge is 0.415 e. The SMILES string of the molecule is O=C(OCC1C2CC3CC(C2)CC1C3)C(F)(F)SOO[O-]. The lowest BCUT2D eigenvalue weighted by Gasteiger charge is -2.54. The van der Waals surface area contributed by atoms with Crippen molar-refractivity contribution in [2.75, 3.05) is 6.61 Å². The Morgan fingerprint density at radius 1 is 1.14 bits per heavy atom. The minimum Gasteiger partial charge on any atom is -0.691 e. The van der Waals surface area contributed by atoms with Crippen molar-refractivity contribution in [2.24, 2.45) is 29.6 Å². The predicted octanol–water partition coefficient (Wildman–Crippen LogP) is 2.07. The first kappa shape index (κ1) is 15.5. The van der Waals surface area contributed by atoms with Gasteiger partial charge in [0.1, 0.15) is 12.0 Å². The van der Waals surface area contributed by atoms with Gasteiger partial charge in [0.05, 0.1) is 6.61 Å². The quantitative estimate of drug-likeness (QED) is 0.323. The van der Waals surface area contributed by atoms with Crippen LogP contribution in [0.1, 0.15) is 32.1 Å². The number of carbonyl (C=O) groups is 1. The zero-order valence-electron chi connectivity index (χ0n) is 11.3. The van der Waals surface area contributed by atoms with E-state index < -0.39 is 23.3 Å². The molecule has 21 heavy (non-hydrogen) atoms. The van der Waals surface area contributed by atoms with Gasteiger partial charge in [0.25, 0.3) is 0 Å². The molecule has 0 atom stereocenters. The third-order valence-electron chi connectivity index (χ3n) is 5.23. The number of hydrogen-bond acceptors (Lipinski definition) is 6. The van der Waals surface area contributed by atoms with Crippen LogP contribution in [0.25, 0.3) is 0 Å². The molecule has 0 saturated heterocycles. The van der Waals surface area contributed by atoms with Gasteiger partial charge < -0.3 is 9.99 Å². The molecule has 0 aromatic carbocycles. The van der Waals surface area contributed by atoms with Crippen LogP contribution in [0.3, 0.4) is 0 Å². The fourth-order valence-electron chi connectivity index (χ4n) is 4.66. The van der Waals surface area contributed by atoms with Crippen molar-refractivity contribution in [1.82, 2.24) is 0 Å². The summed E-state index contributed by atoms with van der Waals surface area (Å²) in [6.07, 6.45) is 5.84. The second-order valence-corrected chi connectivity index (χ2v) is 7.24. The highest BCUT2D eigenvalue weighted by molar-refractivity contribution is 7.96. The van der Waals surface area contributed by atoms with Gasteiger partial charge in [-0.3, -0.25) is 5.04 Å². The van der Waals surface area contributed by atoms with Gasteiger partial charge in [-0.1, -0.05) is 0 Å². The van der Waals surface area contributed by atoms with Crippen LogP contribution >= 0.6 is 12.0 Å². The Morgan fingerprint density at radius 3 is 2.24 bits per heavy atom. The van der Waals surface area contributed by atoms with Gasteiger partial charge in [-0.25, -0.2) is 4.79 Å². The van der Waals surface area contributed by atoms with Gasteiger partial charge in [0, 0.05) is 0 Å². The molecule has 4 saturated carbocycles. The summed E-state index contributed by atoms with van der Waals surface area (Å²) in [5.41, 5.74) is 0. The average molecular weight is 323 g/mol. The molecule has 0 spiro atoms. The van der Waals surface area contributed by atoms with Gasteiger partial charge in [-0.2, -0.15) is 13.1 Å². The molecule has 0 amide bonds. The fraction of sp³-hybridized carbons (Fsp3) is 0.923. The summed E-state index contributed by atoms with van der Waals surface area (Å²) in [4.78, 5) is 11.4. The van der Waals surface area contributed by atoms with Crippen LogP contribution in [0, 0.1) is 29.6 Å². The first-order valence-corrected chi connectivity index (χ1v) is 7.93. The van der Waals surface area contributed by atoms with Crippen molar-refractivity contribution in [3.63, 3.8) is 0 Å². The lowest BCUT2D eigenvalue weighted by atomic mass is 9.52. The molecule has 4 bridgehead atoms. The molecule has 8 heteroatoms. The van der Waals surface area contributed by atoms with Gasteiger partial charge in [0.15, 0.2) is 0 Å². The maximum atomic E-state index is 13.3. The highest BCUT2D eigenvalue weighted by Crippen LogP contribution is 2.56. The summed E-state index contributed by atoms with van der Waals surface area (Å²) in [5, 5.41) is 8.43. The van der Waals surface area contributed by atoms with E-state index in [9.17, 15) is 18.8 Å². The summed E-state index contributed by atoms with van der Waals surface area (Å²) in [6.45, 7) is 0.0298. The van der Waals surface area contributed by atoms with Crippen LogP contribution in [0.15, 0.2) is 0 Å². The Labute approximate surface area is 125 Å². The molecule has 120 valence electrons. The maximum Gasteiger partial charge on any atom is 0.415 e. The summed E-state index contributed by atoms with van der Waals surface area (Å²) >= 11 is -0.640. The van der Waals surface area contributed by atoms with Gasteiger partial charge in [0.2, 0.25) is 0 Å². The first-order valence-electron chi connectivity index (χ1n) is 7.19. The maximum absolute atomic E-state index is 13.3. The van der Waals surface area contributed by atoms with Crippen LogP contribution in [0.5, 0.6) is 0 Å². The van der Waals surface area contributed by atoms with E-state index in [1.165, 1.54) is 6.42 Å². The molecule has 4 aliphatic carbocycles. The van der Waals surface area contributed by atoms with E-state index in [1.54, 1.807) is 0 Å². The van der Waals surface area contributed by atoms with Crippen molar-refractivity contribution in [1.29, 1.82) is 0 Å². The average Bonchev–Trinajstić information content (AvgIpc) is 2.43. The number of esters is 1. The second kappa shape index (κ2) is 5.98. The van der Waals surface area contributed by atoms with Crippen LogP contribution in [0.4, 0.5) is 8.78 Å². The van der Waals surface area contributed by atoms with E-state index in [0.717, 1.165) is 37.5 Å². The lowest BCUT2D eigenvalue weighted by molar-refractivity contribution is -0.777. The Balaban J connectivity index is 1.52. The molecule has 0 N–H and O–H groups in total. The zero-order valence-corrected chi connectivity index (χ0v) is 12.2. The number of rotatable bonds is 6. The van der Waals surface area contributed by atoms with Crippen LogP contribution in [-0.4, -0.2) is 17.8 Å². The molecule has 0 aromatic rings. The van der Waals surface area contributed by atoms with E-state index >= 15 is 0 Å². The molecule has 5 nitrogen and oxygen atoms in total. The zero-order chi connectivity index (χ0) is 15.0. The summed E-state index contributed by atoms with van der Waals surface area (Å²) in [7, 11) is 0. The normalized spacial score (nSPS) is 37.8. The van der Waals surface area contributed by atoms with Gasteiger partial charge in [-0.05, 0) is 61.7 Å². The minimum atomic E-state index is -3.93. The molecule has 0 unspecified atom stereocenters. The number of alkyl halides is 2. The molecule has 4 fully saturated rings. The Kier molecular flexibility index (Phi) is 4.40. The molecule has 0 aliphatic heterocycles. The standard InChI is InChI=1S/C13H18F2O5S/c14-13(15,21-20-19-17)12(16)18-6-11-9-2-7-1-8(4-9)5-10(11)3-7/h7-11,17H,1-6H2/p-1. The highest BCUT2D eigenvalue weighted by atomic mass is 32.2. The van der Waals surface area contributed by atoms with Crippen LogP contribution < -0.4 is 5.26 Å². The predicted molar refractivity (Wildman–Crippen MR) is 66.2 cm³/mol. The lowest BCUT2D eigenvalue weighted by Crippen LogP contribution is -2.47. The van der Waals surface area contributed by atoms with Crippen molar-refractivity contribution >= 4 is 18.0 Å². The van der Waals surface area contributed by atoms with E-state index in [2.05, 4.69) is 9.37 Å². The number of carbonyl (C=O) groups excluding carboxylic acids is 1. The van der Waals surface area contributed by atoms with Gasteiger partial charge >= 0.3 is 11.2 Å². The summed E-state index contributed by atoms with van der Waals surface area (Å²) in [6, 6.07) is 0. The molecular formula is C13H17F2O5S-. The van der Waals surface area contributed by atoms with E-state index in [-0.39, 0.29) is 12.5 Å². The molecule has 0 radical (unpaired) electrons. The fourth-order valence-corrected chi connectivity index (χ4v) is 4.90. The van der Waals surface area contributed by atoms with Crippen LogP contribution in [0.2, 0.25) is 0 Å². The third-order valence-corrected chi connectivity index (χ3v) is 5.73. The van der Waals surface area contributed by atoms with E-state index in [1.807, 2.05) is 0 Å². The van der Waals surface area contributed by atoms with E-state index in [0.29, 0.717) is 11.8 Å². The molecule has 0 heterocycles. The monoisotopic (exact) mass is 323 g/mol. The van der Waals surface area contributed by atoms with Crippen molar-refractivity contribution in [3.05, 3.63) is 0 Å².